The maximum Gasteiger partial charge on any atom is 0.159 e. The van der Waals surface area contributed by atoms with Crippen LogP contribution in [0.4, 0.5) is 8.78 Å². The molecule has 3 rings (SSSR count). The van der Waals surface area contributed by atoms with Crippen LogP contribution in [0.1, 0.15) is 16.7 Å². The van der Waals surface area contributed by atoms with Crippen LogP contribution in [0.25, 0.3) is 0 Å². The van der Waals surface area contributed by atoms with E-state index in [-0.39, 0.29) is 0 Å². The number of halogens is 3. The van der Waals surface area contributed by atoms with Crippen LogP contribution in [-0.2, 0) is 19.5 Å². The molecular weight excluding hydrogens is 296 g/mol. The van der Waals surface area contributed by atoms with E-state index < -0.39 is 11.6 Å². The van der Waals surface area contributed by atoms with Crippen molar-refractivity contribution in [3.05, 3.63) is 63.7 Å². The minimum absolute atomic E-state index is 0.443. The number of hydrogen-bond donors (Lipinski definition) is 1. The fourth-order valence-electron chi connectivity index (χ4n) is 2.47. The van der Waals surface area contributed by atoms with Crippen molar-refractivity contribution in [1.29, 1.82) is 0 Å². The van der Waals surface area contributed by atoms with E-state index in [2.05, 4.69) is 5.32 Å². The van der Waals surface area contributed by atoms with E-state index in [1.807, 2.05) is 12.1 Å². The summed E-state index contributed by atoms with van der Waals surface area (Å²) in [7, 11) is 0. The normalized spacial score (nSPS) is 13.1. The fourth-order valence-corrected chi connectivity index (χ4v) is 2.73. The number of nitrogens with one attached hydrogen (secondary N) is 1. The van der Waals surface area contributed by atoms with Gasteiger partial charge in [0.15, 0.2) is 11.6 Å². The summed E-state index contributed by atoms with van der Waals surface area (Å²) in [5.74, 6) is -0.779. The molecule has 0 bridgehead atoms. The zero-order valence-electron chi connectivity index (χ0n) is 11.3. The van der Waals surface area contributed by atoms with Gasteiger partial charge in [0.25, 0.3) is 0 Å². The predicted octanol–water partition coefficient (Wildman–Crippen LogP) is 3.84. The van der Waals surface area contributed by atoms with Gasteiger partial charge in [0.05, 0.1) is 6.61 Å². The Morgan fingerprint density at radius 3 is 2.76 bits per heavy atom. The lowest BCUT2D eigenvalue weighted by atomic mass is 10.1. The number of rotatable bonds is 4. The first-order chi connectivity index (χ1) is 10.1. The first-order valence-electron chi connectivity index (χ1n) is 6.72. The molecule has 0 unspecified atom stereocenters. The zero-order valence-corrected chi connectivity index (χ0v) is 12.0. The largest absolute Gasteiger partial charge is 0.493 e. The Morgan fingerprint density at radius 1 is 1.10 bits per heavy atom. The van der Waals surface area contributed by atoms with E-state index >= 15 is 0 Å². The highest BCUT2D eigenvalue weighted by Crippen LogP contribution is 2.32. The van der Waals surface area contributed by atoms with E-state index in [0.717, 1.165) is 29.4 Å². The zero-order chi connectivity index (χ0) is 14.8. The Kier molecular flexibility index (Phi) is 4.08. The second-order valence-corrected chi connectivity index (χ2v) is 5.44. The van der Waals surface area contributed by atoms with E-state index in [1.54, 1.807) is 6.07 Å². The summed E-state index contributed by atoms with van der Waals surface area (Å²) in [6, 6.07) is 7.67. The summed E-state index contributed by atoms with van der Waals surface area (Å²) in [6.07, 6.45) is 0.867. The van der Waals surface area contributed by atoms with Gasteiger partial charge in [-0.2, -0.15) is 0 Å². The maximum absolute atomic E-state index is 13.1. The molecule has 1 N–H and O–H groups in total. The fraction of sp³-hybridized carbons (Fsp3) is 0.250. The second-order valence-electron chi connectivity index (χ2n) is 5.00. The van der Waals surface area contributed by atoms with Gasteiger partial charge in [-0.15, -0.1) is 0 Å². The van der Waals surface area contributed by atoms with Crippen LogP contribution >= 0.6 is 11.6 Å². The lowest BCUT2D eigenvalue weighted by Gasteiger charge is -2.10. The second kappa shape index (κ2) is 6.00. The molecule has 1 aliphatic heterocycles. The van der Waals surface area contributed by atoms with Crippen molar-refractivity contribution in [2.75, 3.05) is 6.61 Å². The van der Waals surface area contributed by atoms with Crippen LogP contribution in [0.3, 0.4) is 0 Å². The monoisotopic (exact) mass is 309 g/mol. The smallest absolute Gasteiger partial charge is 0.159 e. The molecule has 2 aromatic carbocycles. The lowest BCUT2D eigenvalue weighted by Crippen LogP contribution is -2.13. The molecule has 5 heteroatoms. The highest BCUT2D eigenvalue weighted by molar-refractivity contribution is 6.30. The van der Waals surface area contributed by atoms with E-state index in [0.29, 0.717) is 30.3 Å². The predicted molar refractivity (Wildman–Crippen MR) is 77.6 cm³/mol. The molecule has 0 aliphatic carbocycles. The molecule has 1 aliphatic rings. The molecule has 2 aromatic rings. The van der Waals surface area contributed by atoms with Crippen LogP contribution in [0.2, 0.25) is 5.02 Å². The van der Waals surface area contributed by atoms with Crippen LogP contribution < -0.4 is 10.1 Å². The first-order valence-corrected chi connectivity index (χ1v) is 7.10. The van der Waals surface area contributed by atoms with Gasteiger partial charge in [0.2, 0.25) is 0 Å². The topological polar surface area (TPSA) is 21.3 Å². The highest BCUT2D eigenvalue weighted by Gasteiger charge is 2.17. The van der Waals surface area contributed by atoms with E-state index in [9.17, 15) is 8.78 Å². The van der Waals surface area contributed by atoms with Crippen LogP contribution in [-0.4, -0.2) is 6.61 Å². The third-order valence-corrected chi connectivity index (χ3v) is 3.67. The third kappa shape index (κ3) is 3.17. The summed E-state index contributed by atoms with van der Waals surface area (Å²) in [5.41, 5.74) is 2.79. The Morgan fingerprint density at radius 2 is 1.95 bits per heavy atom. The van der Waals surface area contributed by atoms with Gasteiger partial charge < -0.3 is 10.1 Å². The maximum atomic E-state index is 13.1. The molecule has 2 nitrogen and oxygen atoms in total. The van der Waals surface area contributed by atoms with Gasteiger partial charge in [-0.25, -0.2) is 8.78 Å². The van der Waals surface area contributed by atoms with Crippen molar-refractivity contribution < 1.29 is 13.5 Å². The molecular formula is C16H14ClF2NO. The molecule has 0 amide bonds. The number of benzene rings is 2. The lowest BCUT2D eigenvalue weighted by molar-refractivity contribution is 0.352. The molecule has 0 saturated heterocycles. The standard InChI is InChI=1S/C16H14ClF2NO/c17-13-6-11-3-4-21-16(11)12(7-13)9-20-8-10-1-2-14(18)15(19)5-10/h1-2,5-7,20H,3-4,8-9H2. The Bertz CT molecular complexity index is 676. The van der Waals surface area contributed by atoms with Crippen LogP contribution in [0.15, 0.2) is 30.3 Å². The van der Waals surface area contributed by atoms with Gasteiger partial charge in [-0.3, -0.25) is 0 Å². The summed E-state index contributed by atoms with van der Waals surface area (Å²) in [6.45, 7) is 1.67. The van der Waals surface area contributed by atoms with Gasteiger partial charge >= 0.3 is 0 Å². The van der Waals surface area contributed by atoms with Crippen LogP contribution in [0, 0.1) is 11.6 Å². The van der Waals surface area contributed by atoms with Gasteiger partial charge in [0, 0.05) is 30.1 Å². The van der Waals surface area contributed by atoms with Gasteiger partial charge in [-0.05, 0) is 35.4 Å². The van der Waals surface area contributed by atoms with Gasteiger partial charge in [0.1, 0.15) is 5.75 Å². The van der Waals surface area contributed by atoms with Gasteiger partial charge in [-0.1, -0.05) is 17.7 Å². The molecule has 0 spiro atoms. The minimum atomic E-state index is -0.834. The third-order valence-electron chi connectivity index (χ3n) is 3.45. The Labute approximate surface area is 126 Å². The van der Waals surface area contributed by atoms with Crippen LogP contribution in [0.5, 0.6) is 5.75 Å². The van der Waals surface area contributed by atoms with E-state index in [4.69, 9.17) is 16.3 Å². The van der Waals surface area contributed by atoms with Crippen molar-refractivity contribution in [3.8, 4) is 5.75 Å². The van der Waals surface area contributed by atoms with E-state index in [1.165, 1.54) is 6.07 Å². The SMILES string of the molecule is Fc1ccc(CNCc2cc(Cl)cc3c2OCC3)cc1F. The molecule has 110 valence electrons. The summed E-state index contributed by atoms with van der Waals surface area (Å²) in [5, 5.41) is 3.88. The summed E-state index contributed by atoms with van der Waals surface area (Å²) >= 11 is 6.09. The molecule has 0 saturated carbocycles. The van der Waals surface area contributed by atoms with Crippen molar-refractivity contribution in [2.24, 2.45) is 0 Å². The number of fused-ring (bicyclic) bond motifs is 1. The quantitative estimate of drug-likeness (QED) is 0.926. The summed E-state index contributed by atoms with van der Waals surface area (Å²) < 4.78 is 31.6. The molecule has 0 aromatic heterocycles. The molecule has 1 heterocycles. The summed E-state index contributed by atoms with van der Waals surface area (Å²) in [4.78, 5) is 0. The molecule has 0 fully saturated rings. The minimum Gasteiger partial charge on any atom is -0.493 e. The van der Waals surface area contributed by atoms with Crippen molar-refractivity contribution in [3.63, 3.8) is 0 Å². The average Bonchev–Trinajstić information content (AvgIpc) is 2.91. The van der Waals surface area contributed by atoms with Crippen molar-refractivity contribution in [2.45, 2.75) is 19.5 Å². The highest BCUT2D eigenvalue weighted by atomic mass is 35.5. The van der Waals surface area contributed by atoms with Crippen molar-refractivity contribution >= 4 is 11.6 Å². The molecule has 0 radical (unpaired) electrons. The molecule has 0 atom stereocenters. The number of hydrogen-bond acceptors (Lipinski definition) is 2. The Hall–Kier alpha value is -1.65. The number of ether oxygens (including phenoxy) is 1. The van der Waals surface area contributed by atoms with Crippen molar-refractivity contribution in [1.82, 2.24) is 5.32 Å². The average molecular weight is 310 g/mol. The first kappa shape index (κ1) is 14.3. The molecule has 21 heavy (non-hydrogen) atoms. The Balaban J connectivity index is 1.67.